The quantitative estimate of drug-likeness (QED) is 0.839. The molecule has 2 rings (SSSR count). The van der Waals surface area contributed by atoms with Gasteiger partial charge in [-0.2, -0.15) is 0 Å². The van der Waals surface area contributed by atoms with Crippen molar-refractivity contribution in [3.05, 3.63) is 24.3 Å². The van der Waals surface area contributed by atoms with Crippen LogP contribution in [0.5, 0.6) is 5.75 Å². The van der Waals surface area contributed by atoms with E-state index in [4.69, 9.17) is 4.74 Å². The summed E-state index contributed by atoms with van der Waals surface area (Å²) in [5, 5.41) is 12.3. The van der Waals surface area contributed by atoms with Crippen LogP contribution in [0.2, 0.25) is 0 Å². The van der Waals surface area contributed by atoms with Crippen LogP contribution in [0.4, 0.5) is 10.5 Å². The number of anilines is 1. The number of likely N-dealkylation sites (tertiary alicyclic amines) is 1. The van der Waals surface area contributed by atoms with E-state index in [9.17, 15) is 9.90 Å². The minimum Gasteiger partial charge on any atom is -0.497 e. The molecule has 1 aliphatic heterocycles. The van der Waals surface area contributed by atoms with Crippen LogP contribution in [0.25, 0.3) is 0 Å². The van der Waals surface area contributed by atoms with Crippen molar-refractivity contribution in [3.8, 4) is 5.75 Å². The number of ether oxygens (including phenoxy) is 1. The Labute approximate surface area is 106 Å². The van der Waals surface area contributed by atoms with Crippen molar-refractivity contribution in [2.24, 2.45) is 0 Å². The Balaban J connectivity index is 1.97. The van der Waals surface area contributed by atoms with Gasteiger partial charge in [0.05, 0.1) is 13.2 Å². The van der Waals surface area contributed by atoms with E-state index in [1.165, 1.54) is 0 Å². The molecule has 5 heteroatoms. The van der Waals surface area contributed by atoms with Gasteiger partial charge in [0.25, 0.3) is 0 Å². The Morgan fingerprint density at radius 1 is 1.56 bits per heavy atom. The first-order valence-electron chi connectivity index (χ1n) is 6.07. The second kappa shape index (κ2) is 5.73. The standard InChI is InChI=1S/C13H18N2O3/c1-18-12-6-2-4-10(8-12)14-13(17)15-7-3-5-11(16)9-15/h2,4,6,8,11,16H,3,5,7,9H2,1H3,(H,14,17)/t11-/m1/s1. The highest BCUT2D eigenvalue weighted by Gasteiger charge is 2.21. The maximum Gasteiger partial charge on any atom is 0.321 e. The Hall–Kier alpha value is -1.75. The molecule has 5 nitrogen and oxygen atoms in total. The van der Waals surface area contributed by atoms with E-state index in [2.05, 4.69) is 5.32 Å². The normalized spacial score (nSPS) is 19.4. The zero-order valence-electron chi connectivity index (χ0n) is 10.4. The van der Waals surface area contributed by atoms with Crippen molar-refractivity contribution in [3.63, 3.8) is 0 Å². The number of hydrogen-bond donors (Lipinski definition) is 2. The van der Waals surface area contributed by atoms with Gasteiger partial charge in [0.15, 0.2) is 0 Å². The van der Waals surface area contributed by atoms with Crippen LogP contribution in [0.1, 0.15) is 12.8 Å². The SMILES string of the molecule is COc1cccc(NC(=O)N2CCC[C@@H](O)C2)c1. The smallest absolute Gasteiger partial charge is 0.321 e. The van der Waals surface area contributed by atoms with E-state index in [-0.39, 0.29) is 6.03 Å². The molecule has 2 amide bonds. The number of aliphatic hydroxyl groups is 1. The summed E-state index contributed by atoms with van der Waals surface area (Å²) in [6, 6.07) is 7.03. The molecule has 1 fully saturated rings. The lowest BCUT2D eigenvalue weighted by atomic mass is 10.1. The molecule has 18 heavy (non-hydrogen) atoms. The van der Waals surface area contributed by atoms with Gasteiger partial charge >= 0.3 is 6.03 Å². The van der Waals surface area contributed by atoms with Gasteiger partial charge in [-0.05, 0) is 25.0 Å². The Bertz CT molecular complexity index is 422. The lowest BCUT2D eigenvalue weighted by Gasteiger charge is -2.30. The number of piperidine rings is 1. The molecule has 0 saturated carbocycles. The first-order valence-corrected chi connectivity index (χ1v) is 6.07. The van der Waals surface area contributed by atoms with Crippen molar-refractivity contribution in [2.75, 3.05) is 25.5 Å². The lowest BCUT2D eigenvalue weighted by Crippen LogP contribution is -2.44. The molecule has 98 valence electrons. The highest BCUT2D eigenvalue weighted by atomic mass is 16.5. The van der Waals surface area contributed by atoms with E-state index < -0.39 is 6.10 Å². The molecular formula is C13H18N2O3. The fourth-order valence-corrected chi connectivity index (χ4v) is 2.04. The maximum atomic E-state index is 12.0. The molecule has 1 aromatic carbocycles. The number of aliphatic hydroxyl groups excluding tert-OH is 1. The molecule has 0 aliphatic carbocycles. The van der Waals surface area contributed by atoms with Crippen LogP contribution in [-0.4, -0.2) is 42.3 Å². The monoisotopic (exact) mass is 250 g/mol. The van der Waals surface area contributed by atoms with Gasteiger partial charge in [-0.1, -0.05) is 6.07 Å². The number of β-amino-alcohol motifs (C(OH)–C–C–N with tert-alkyl or cyclic N) is 1. The van der Waals surface area contributed by atoms with Crippen LogP contribution >= 0.6 is 0 Å². The number of benzene rings is 1. The molecule has 1 aliphatic rings. The van der Waals surface area contributed by atoms with Crippen LogP contribution < -0.4 is 10.1 Å². The second-order valence-electron chi connectivity index (χ2n) is 4.40. The number of urea groups is 1. The number of nitrogens with zero attached hydrogens (tertiary/aromatic N) is 1. The molecule has 2 N–H and O–H groups in total. The largest absolute Gasteiger partial charge is 0.497 e. The van der Waals surface area contributed by atoms with Gasteiger partial charge in [-0.25, -0.2) is 4.79 Å². The van der Waals surface area contributed by atoms with Gasteiger partial charge in [0.2, 0.25) is 0 Å². The van der Waals surface area contributed by atoms with Crippen molar-refractivity contribution in [1.29, 1.82) is 0 Å². The predicted octanol–water partition coefficient (Wildman–Crippen LogP) is 1.68. The van der Waals surface area contributed by atoms with Gasteiger partial charge in [0.1, 0.15) is 5.75 Å². The van der Waals surface area contributed by atoms with Crippen LogP contribution in [-0.2, 0) is 0 Å². The van der Waals surface area contributed by atoms with E-state index in [1.54, 1.807) is 24.1 Å². The highest BCUT2D eigenvalue weighted by molar-refractivity contribution is 5.89. The fourth-order valence-electron chi connectivity index (χ4n) is 2.04. The van der Waals surface area contributed by atoms with Crippen molar-refractivity contribution >= 4 is 11.7 Å². The van der Waals surface area contributed by atoms with Gasteiger partial charge < -0.3 is 20.1 Å². The minimum absolute atomic E-state index is 0.179. The number of carbonyl (C=O) groups excluding carboxylic acids is 1. The Kier molecular flexibility index (Phi) is 4.04. The zero-order chi connectivity index (χ0) is 13.0. The van der Waals surface area contributed by atoms with E-state index in [0.717, 1.165) is 12.8 Å². The molecule has 0 spiro atoms. The summed E-state index contributed by atoms with van der Waals surface area (Å²) < 4.78 is 5.09. The molecule has 1 heterocycles. The molecule has 0 unspecified atom stereocenters. The number of amides is 2. The first kappa shape index (κ1) is 12.7. The molecule has 1 saturated heterocycles. The topological polar surface area (TPSA) is 61.8 Å². The molecule has 1 atom stereocenters. The third-order valence-electron chi connectivity index (χ3n) is 3.00. The minimum atomic E-state index is -0.408. The average molecular weight is 250 g/mol. The first-order chi connectivity index (χ1) is 8.69. The second-order valence-corrected chi connectivity index (χ2v) is 4.40. The maximum absolute atomic E-state index is 12.0. The molecule has 0 bridgehead atoms. The summed E-state index contributed by atoms with van der Waals surface area (Å²) in [4.78, 5) is 13.6. The highest BCUT2D eigenvalue weighted by Crippen LogP contribution is 2.18. The summed E-state index contributed by atoms with van der Waals surface area (Å²) in [6.45, 7) is 1.09. The summed E-state index contributed by atoms with van der Waals surface area (Å²) in [5.41, 5.74) is 0.694. The predicted molar refractivity (Wildman–Crippen MR) is 68.8 cm³/mol. The Morgan fingerprint density at radius 3 is 3.11 bits per heavy atom. The van der Waals surface area contributed by atoms with Crippen molar-refractivity contribution < 1.29 is 14.6 Å². The average Bonchev–Trinajstić information content (AvgIpc) is 2.39. The lowest BCUT2D eigenvalue weighted by molar-refractivity contribution is 0.0883. The van der Waals surface area contributed by atoms with Gasteiger partial charge in [-0.3, -0.25) is 0 Å². The fraction of sp³-hybridized carbons (Fsp3) is 0.462. The third kappa shape index (κ3) is 3.13. The van der Waals surface area contributed by atoms with E-state index in [0.29, 0.717) is 24.5 Å². The number of hydrogen-bond acceptors (Lipinski definition) is 3. The zero-order valence-corrected chi connectivity index (χ0v) is 10.4. The van der Waals surface area contributed by atoms with Crippen molar-refractivity contribution in [2.45, 2.75) is 18.9 Å². The number of carbonyl (C=O) groups is 1. The van der Waals surface area contributed by atoms with Crippen LogP contribution in [0, 0.1) is 0 Å². The van der Waals surface area contributed by atoms with Gasteiger partial charge in [-0.15, -0.1) is 0 Å². The summed E-state index contributed by atoms with van der Waals surface area (Å²) in [6.07, 6.45) is 1.20. The van der Waals surface area contributed by atoms with E-state index >= 15 is 0 Å². The number of nitrogens with one attached hydrogen (secondary N) is 1. The Morgan fingerprint density at radius 2 is 2.39 bits per heavy atom. The third-order valence-corrected chi connectivity index (χ3v) is 3.00. The molecule has 0 aromatic heterocycles. The van der Waals surface area contributed by atoms with Crippen LogP contribution in [0.3, 0.4) is 0 Å². The molecular weight excluding hydrogens is 232 g/mol. The van der Waals surface area contributed by atoms with Crippen LogP contribution in [0.15, 0.2) is 24.3 Å². The van der Waals surface area contributed by atoms with E-state index in [1.807, 2.05) is 12.1 Å². The number of methoxy groups -OCH3 is 1. The summed E-state index contributed by atoms with van der Waals surface area (Å²) in [7, 11) is 1.59. The molecule has 0 radical (unpaired) electrons. The summed E-state index contributed by atoms with van der Waals surface area (Å²) in [5.74, 6) is 0.700. The number of rotatable bonds is 2. The summed E-state index contributed by atoms with van der Waals surface area (Å²) >= 11 is 0. The van der Waals surface area contributed by atoms with Gasteiger partial charge in [0, 0.05) is 24.8 Å². The molecule has 1 aromatic rings. The van der Waals surface area contributed by atoms with Crippen molar-refractivity contribution in [1.82, 2.24) is 4.90 Å².